The van der Waals surface area contributed by atoms with Gasteiger partial charge >= 0.3 is 5.97 Å². The molecule has 96 valence electrons. The van der Waals surface area contributed by atoms with E-state index in [0.29, 0.717) is 5.75 Å². The molecule has 0 aliphatic carbocycles. The molecule has 1 rings (SSSR count). The number of thioether (sulfide) groups is 1. The first-order valence-electron chi connectivity index (χ1n) is 4.71. The number of carboxylic acids is 1. The Labute approximate surface area is 103 Å². The molecule has 8 heteroatoms. The number of aromatic carboxylic acids is 1. The Hall–Kier alpha value is -0.990. The van der Waals surface area contributed by atoms with Crippen LogP contribution in [-0.4, -0.2) is 38.0 Å². The van der Waals surface area contributed by atoms with Crippen LogP contribution in [0.15, 0.2) is 15.4 Å². The van der Waals surface area contributed by atoms with Crippen molar-refractivity contribution < 1.29 is 22.7 Å². The van der Waals surface area contributed by atoms with Crippen molar-refractivity contribution >= 4 is 27.8 Å². The standard InChI is InChI=1S/C9H13NO5S2/c1-6-8(5-7(15-6)9(11)12)17(13,14)10-3-4-16-2/h5,10H,3-4H2,1-2H3,(H,11,12). The van der Waals surface area contributed by atoms with E-state index >= 15 is 0 Å². The van der Waals surface area contributed by atoms with Crippen LogP contribution in [0.3, 0.4) is 0 Å². The second kappa shape index (κ2) is 5.56. The fourth-order valence-electron chi connectivity index (χ4n) is 1.19. The monoisotopic (exact) mass is 279 g/mol. The molecule has 1 aromatic rings. The highest BCUT2D eigenvalue weighted by molar-refractivity contribution is 7.98. The number of aryl methyl sites for hydroxylation is 1. The number of carboxylic acid groups (broad SMARTS) is 1. The van der Waals surface area contributed by atoms with Gasteiger partial charge < -0.3 is 9.52 Å². The van der Waals surface area contributed by atoms with Crippen LogP contribution in [0, 0.1) is 6.92 Å². The van der Waals surface area contributed by atoms with E-state index in [2.05, 4.69) is 4.72 Å². The number of rotatable bonds is 6. The smallest absolute Gasteiger partial charge is 0.371 e. The van der Waals surface area contributed by atoms with Crippen molar-refractivity contribution in [3.05, 3.63) is 17.6 Å². The van der Waals surface area contributed by atoms with E-state index in [-0.39, 0.29) is 23.0 Å². The van der Waals surface area contributed by atoms with E-state index in [1.54, 1.807) is 0 Å². The van der Waals surface area contributed by atoms with Crippen molar-refractivity contribution in [3.63, 3.8) is 0 Å². The van der Waals surface area contributed by atoms with Crippen LogP contribution in [0.5, 0.6) is 0 Å². The molecule has 1 heterocycles. The lowest BCUT2D eigenvalue weighted by molar-refractivity contribution is 0.0661. The topological polar surface area (TPSA) is 96.6 Å². The number of hydrogen-bond acceptors (Lipinski definition) is 5. The van der Waals surface area contributed by atoms with Crippen molar-refractivity contribution in [1.29, 1.82) is 0 Å². The van der Waals surface area contributed by atoms with Gasteiger partial charge in [0.15, 0.2) is 0 Å². The molecule has 2 N–H and O–H groups in total. The molecule has 0 spiro atoms. The summed E-state index contributed by atoms with van der Waals surface area (Å²) < 4.78 is 30.8. The number of sulfonamides is 1. The van der Waals surface area contributed by atoms with Crippen LogP contribution in [-0.2, 0) is 10.0 Å². The molecular formula is C9H13NO5S2. The third kappa shape index (κ3) is 3.48. The third-order valence-corrected chi connectivity index (χ3v) is 4.15. The molecule has 6 nitrogen and oxygen atoms in total. The molecule has 0 saturated carbocycles. The SMILES string of the molecule is CSCCNS(=O)(=O)c1cc(C(=O)O)oc1C. The van der Waals surface area contributed by atoms with Gasteiger partial charge in [-0.1, -0.05) is 0 Å². The van der Waals surface area contributed by atoms with Crippen LogP contribution >= 0.6 is 11.8 Å². The fourth-order valence-corrected chi connectivity index (χ4v) is 2.84. The Morgan fingerprint density at radius 1 is 1.59 bits per heavy atom. The highest BCUT2D eigenvalue weighted by Crippen LogP contribution is 2.19. The van der Waals surface area contributed by atoms with Gasteiger partial charge in [-0.3, -0.25) is 0 Å². The van der Waals surface area contributed by atoms with Crippen molar-refractivity contribution in [2.24, 2.45) is 0 Å². The molecule has 0 unspecified atom stereocenters. The lowest BCUT2D eigenvalue weighted by atomic mass is 10.4. The molecule has 0 aliphatic heterocycles. The van der Waals surface area contributed by atoms with Crippen LogP contribution in [0.2, 0.25) is 0 Å². The number of nitrogens with one attached hydrogen (secondary N) is 1. The Bertz CT molecular complexity index is 505. The summed E-state index contributed by atoms with van der Waals surface area (Å²) in [7, 11) is -3.70. The number of carbonyl (C=O) groups is 1. The quantitative estimate of drug-likeness (QED) is 0.752. The van der Waals surface area contributed by atoms with Gasteiger partial charge in [0.25, 0.3) is 0 Å². The highest BCUT2D eigenvalue weighted by atomic mass is 32.2. The molecule has 0 aliphatic rings. The van der Waals surface area contributed by atoms with E-state index in [1.807, 2.05) is 6.26 Å². The summed E-state index contributed by atoms with van der Waals surface area (Å²) in [6.07, 6.45) is 1.86. The van der Waals surface area contributed by atoms with Crippen molar-refractivity contribution in [2.45, 2.75) is 11.8 Å². The number of furan rings is 1. The summed E-state index contributed by atoms with van der Waals surface area (Å²) in [6.45, 7) is 1.70. The molecule has 0 aromatic carbocycles. The maximum Gasteiger partial charge on any atom is 0.371 e. The minimum atomic E-state index is -3.70. The van der Waals surface area contributed by atoms with E-state index in [1.165, 1.54) is 18.7 Å². The zero-order valence-electron chi connectivity index (χ0n) is 9.39. The van der Waals surface area contributed by atoms with Gasteiger partial charge in [0.05, 0.1) is 0 Å². The largest absolute Gasteiger partial charge is 0.475 e. The second-order valence-electron chi connectivity index (χ2n) is 3.23. The summed E-state index contributed by atoms with van der Waals surface area (Å²) in [5, 5.41) is 8.69. The van der Waals surface area contributed by atoms with Gasteiger partial charge in [-0.25, -0.2) is 17.9 Å². The first-order valence-corrected chi connectivity index (χ1v) is 7.58. The van der Waals surface area contributed by atoms with E-state index in [9.17, 15) is 13.2 Å². The van der Waals surface area contributed by atoms with E-state index < -0.39 is 16.0 Å². The maximum atomic E-state index is 11.8. The van der Waals surface area contributed by atoms with Crippen molar-refractivity contribution in [3.8, 4) is 0 Å². The Morgan fingerprint density at radius 2 is 2.24 bits per heavy atom. The van der Waals surface area contributed by atoms with Crippen LogP contribution in [0.25, 0.3) is 0 Å². The molecule has 1 aromatic heterocycles. The number of hydrogen-bond donors (Lipinski definition) is 2. The highest BCUT2D eigenvalue weighted by Gasteiger charge is 2.23. The average molecular weight is 279 g/mol. The van der Waals surface area contributed by atoms with Gasteiger partial charge in [-0.2, -0.15) is 11.8 Å². The molecular weight excluding hydrogens is 266 g/mol. The molecule has 0 amide bonds. The van der Waals surface area contributed by atoms with Crippen molar-refractivity contribution in [2.75, 3.05) is 18.6 Å². The van der Waals surface area contributed by atoms with Gasteiger partial charge in [-0.15, -0.1) is 0 Å². The molecule has 0 fully saturated rings. The van der Waals surface area contributed by atoms with Gasteiger partial charge in [-0.05, 0) is 13.2 Å². The van der Waals surface area contributed by atoms with Gasteiger partial charge in [0, 0.05) is 18.4 Å². The Morgan fingerprint density at radius 3 is 2.71 bits per heavy atom. The minimum Gasteiger partial charge on any atom is -0.475 e. The van der Waals surface area contributed by atoms with Crippen LogP contribution in [0.4, 0.5) is 0 Å². The van der Waals surface area contributed by atoms with Gasteiger partial charge in [0.1, 0.15) is 10.7 Å². The maximum absolute atomic E-state index is 11.8. The van der Waals surface area contributed by atoms with Gasteiger partial charge in [0.2, 0.25) is 15.8 Å². The average Bonchev–Trinajstić information content (AvgIpc) is 2.61. The van der Waals surface area contributed by atoms with E-state index in [0.717, 1.165) is 6.07 Å². The molecule has 0 saturated heterocycles. The summed E-state index contributed by atoms with van der Waals surface area (Å²) >= 11 is 1.51. The van der Waals surface area contributed by atoms with Crippen LogP contribution < -0.4 is 4.72 Å². The third-order valence-electron chi connectivity index (χ3n) is 1.97. The van der Waals surface area contributed by atoms with Crippen molar-refractivity contribution in [1.82, 2.24) is 4.72 Å². The van der Waals surface area contributed by atoms with Crippen LogP contribution in [0.1, 0.15) is 16.3 Å². The Balaban J connectivity index is 2.95. The lowest BCUT2D eigenvalue weighted by Gasteiger charge is -2.03. The predicted octanol–water partition coefficient (Wildman–Crippen LogP) is 0.928. The molecule has 17 heavy (non-hydrogen) atoms. The fraction of sp³-hybridized carbons (Fsp3) is 0.444. The zero-order chi connectivity index (χ0) is 13.1. The Kier molecular flexibility index (Phi) is 4.61. The summed E-state index contributed by atoms with van der Waals surface area (Å²) in [4.78, 5) is 10.5. The summed E-state index contributed by atoms with van der Waals surface area (Å²) in [5.74, 6) is -0.965. The molecule has 0 radical (unpaired) electrons. The summed E-state index contributed by atoms with van der Waals surface area (Å²) in [6, 6.07) is 1.01. The molecule has 0 bridgehead atoms. The van der Waals surface area contributed by atoms with E-state index in [4.69, 9.17) is 9.52 Å². The molecule has 0 atom stereocenters. The zero-order valence-corrected chi connectivity index (χ0v) is 11.0. The second-order valence-corrected chi connectivity index (χ2v) is 5.95. The first kappa shape index (κ1) is 14.1. The first-order chi connectivity index (χ1) is 7.88. The lowest BCUT2D eigenvalue weighted by Crippen LogP contribution is -2.26. The minimum absolute atomic E-state index is 0.0686. The predicted molar refractivity (Wildman–Crippen MR) is 64.0 cm³/mol. The summed E-state index contributed by atoms with van der Waals surface area (Å²) in [5.41, 5.74) is 0. The normalized spacial score (nSPS) is 11.6.